The first kappa shape index (κ1) is 54.6. The molecule has 1 unspecified atom stereocenters. The van der Waals surface area contributed by atoms with Crippen molar-refractivity contribution < 1.29 is 45.0 Å². The summed E-state index contributed by atoms with van der Waals surface area (Å²) in [5.74, 6) is 0.939. The molecule has 0 bridgehead atoms. The van der Waals surface area contributed by atoms with Crippen LogP contribution in [0.5, 0.6) is 5.75 Å². The molecule has 0 spiro atoms. The predicted octanol–water partition coefficient (Wildman–Crippen LogP) is 5.97. The molecule has 1 saturated heterocycles. The van der Waals surface area contributed by atoms with E-state index >= 15 is 0 Å². The number of hydrogen-bond donors (Lipinski definition) is 10. The highest BCUT2D eigenvalue weighted by Crippen LogP contribution is 2.32. The van der Waals surface area contributed by atoms with Crippen molar-refractivity contribution in [3.05, 3.63) is 42.0 Å². The topological polar surface area (TPSA) is 256 Å². The predicted molar refractivity (Wildman–Crippen MR) is 256 cm³/mol. The molecule has 372 valence electrons. The van der Waals surface area contributed by atoms with Gasteiger partial charge in [0.2, 0.25) is 11.8 Å². The second kappa shape index (κ2) is 32.7. The number of rotatable bonds is 38. The first-order valence-corrected chi connectivity index (χ1v) is 25.1. The molecule has 3 aromatic rings. The molecule has 1 aliphatic heterocycles. The van der Waals surface area contributed by atoms with Crippen molar-refractivity contribution in [1.82, 2.24) is 35.5 Å². The van der Waals surface area contributed by atoms with Crippen molar-refractivity contribution in [2.45, 2.75) is 191 Å². The number of benzene rings is 1. The van der Waals surface area contributed by atoms with Crippen molar-refractivity contribution in [1.29, 1.82) is 0 Å². The maximum atomic E-state index is 12.2. The van der Waals surface area contributed by atoms with E-state index in [1.165, 1.54) is 76.5 Å². The number of aliphatic hydroxyl groups is 5. The third kappa shape index (κ3) is 20.1. The van der Waals surface area contributed by atoms with Gasteiger partial charge in [-0.3, -0.25) is 14.2 Å². The van der Waals surface area contributed by atoms with Crippen LogP contribution in [0.1, 0.15) is 178 Å². The van der Waals surface area contributed by atoms with Crippen LogP contribution < -0.4 is 21.3 Å². The van der Waals surface area contributed by atoms with Gasteiger partial charge in [0, 0.05) is 44.6 Å². The summed E-state index contributed by atoms with van der Waals surface area (Å²) in [5, 5.41) is 72.0. The molecule has 2 amide bonds. The van der Waals surface area contributed by atoms with E-state index in [9.17, 15) is 40.2 Å². The lowest BCUT2D eigenvalue weighted by molar-refractivity contribution is -0.122. The fraction of sp³-hybridized carbons (Fsp3) is 0.735. The molecule has 17 heteroatoms. The lowest BCUT2D eigenvalue weighted by atomic mass is 10.0. The molecular weight excluding hydrogens is 845 g/mol. The molecule has 1 aliphatic rings. The van der Waals surface area contributed by atoms with Gasteiger partial charge in [-0.05, 0) is 62.8 Å². The number of carbonyl (C=O) groups is 2. The number of unbranched alkanes of at least 4 members (excludes halogenated alkanes) is 19. The average Bonchev–Trinajstić information content (AvgIpc) is 3.88. The van der Waals surface area contributed by atoms with Crippen LogP contribution in [-0.4, -0.2) is 120 Å². The highest BCUT2D eigenvalue weighted by Gasteiger charge is 2.44. The fourth-order valence-electron chi connectivity index (χ4n) is 8.44. The third-order valence-corrected chi connectivity index (χ3v) is 12.5. The van der Waals surface area contributed by atoms with Crippen molar-refractivity contribution in [2.75, 3.05) is 44.6 Å². The molecule has 17 nitrogen and oxygen atoms in total. The zero-order valence-corrected chi connectivity index (χ0v) is 39.4. The number of carbonyl (C=O) groups excluding carboxylic acids is 2. The monoisotopic (exact) mass is 927 g/mol. The van der Waals surface area contributed by atoms with E-state index in [4.69, 9.17) is 4.74 Å². The van der Waals surface area contributed by atoms with Crippen LogP contribution in [0.2, 0.25) is 0 Å². The number of hydrogen-bond acceptors (Lipinski definition) is 14. The number of imidazole rings is 1. The number of phenols is 1. The summed E-state index contributed by atoms with van der Waals surface area (Å²) in [6, 6.07) is 4.82. The lowest BCUT2D eigenvalue weighted by Gasteiger charge is -2.16. The van der Waals surface area contributed by atoms with Gasteiger partial charge in [0.05, 0.1) is 25.6 Å². The summed E-state index contributed by atoms with van der Waals surface area (Å²) in [7, 11) is 0. The van der Waals surface area contributed by atoms with E-state index < -0.39 is 37.3 Å². The van der Waals surface area contributed by atoms with Gasteiger partial charge in [0.1, 0.15) is 30.4 Å². The first-order valence-electron chi connectivity index (χ1n) is 25.1. The summed E-state index contributed by atoms with van der Waals surface area (Å²) in [4.78, 5) is 37.5. The molecule has 10 N–H and O–H groups in total. The minimum absolute atomic E-state index is 0.0389. The van der Waals surface area contributed by atoms with Crippen LogP contribution in [0.25, 0.3) is 11.2 Å². The van der Waals surface area contributed by atoms with E-state index in [1.807, 2.05) is 0 Å². The van der Waals surface area contributed by atoms with Crippen molar-refractivity contribution >= 4 is 28.8 Å². The molecule has 0 aliphatic carbocycles. The van der Waals surface area contributed by atoms with E-state index in [0.29, 0.717) is 47.5 Å². The zero-order valence-electron chi connectivity index (χ0n) is 39.4. The fourth-order valence-corrected chi connectivity index (χ4v) is 8.44. The van der Waals surface area contributed by atoms with Crippen LogP contribution in [0.3, 0.4) is 0 Å². The Bertz CT molecular complexity index is 1780. The number of amides is 2. The standard InChI is InChI=1S/C49H82N8O9/c58-33-38-31-37(25-26-39(38)60)40(61)32-50-27-19-13-9-5-1-3-7-11-17-23-42(62)51-28-20-15-16-21-29-52-43(63)24-18-12-8-4-2-6-10-14-22-30-53-47-44-48(55-35-54-47)57(36-56-44)49-46(65)45(64)41(34-59)66-49/h25-26,31,35-36,40-41,45-46,49-50,58-61,64-65H,1-24,27-30,32-34H2,(H,51,62)(H,52,63)(H,53,54,55)/t40?,41-,45-,46-,49-/m1/s1. The average molecular weight is 927 g/mol. The Morgan fingerprint density at radius 2 is 1.20 bits per heavy atom. The van der Waals surface area contributed by atoms with E-state index in [2.05, 4.69) is 36.2 Å². The summed E-state index contributed by atoms with van der Waals surface area (Å²) < 4.78 is 7.19. The van der Waals surface area contributed by atoms with Crippen LogP contribution in [0, 0.1) is 0 Å². The highest BCUT2D eigenvalue weighted by atomic mass is 16.6. The molecule has 1 fully saturated rings. The first-order chi connectivity index (χ1) is 32.2. The smallest absolute Gasteiger partial charge is 0.219 e. The number of aliphatic hydroxyl groups excluding tert-OH is 5. The van der Waals surface area contributed by atoms with Gasteiger partial charge in [-0.25, -0.2) is 15.0 Å². The maximum Gasteiger partial charge on any atom is 0.219 e. The number of nitrogens with one attached hydrogen (secondary N) is 4. The zero-order chi connectivity index (χ0) is 47.2. The quantitative estimate of drug-likeness (QED) is 0.0298. The summed E-state index contributed by atoms with van der Waals surface area (Å²) >= 11 is 0. The van der Waals surface area contributed by atoms with Crippen LogP contribution >= 0.6 is 0 Å². The van der Waals surface area contributed by atoms with Gasteiger partial charge in [-0.2, -0.15) is 0 Å². The van der Waals surface area contributed by atoms with Gasteiger partial charge >= 0.3 is 0 Å². The molecular formula is C49H82N8O9. The minimum atomic E-state index is -1.21. The van der Waals surface area contributed by atoms with Gasteiger partial charge in [0.25, 0.3) is 0 Å². The molecule has 0 saturated carbocycles. The number of ether oxygens (including phenoxy) is 1. The Morgan fingerprint density at radius 1 is 0.667 bits per heavy atom. The minimum Gasteiger partial charge on any atom is -0.508 e. The largest absolute Gasteiger partial charge is 0.508 e. The second-order valence-corrected chi connectivity index (χ2v) is 17.9. The molecule has 2 aromatic heterocycles. The Hall–Kier alpha value is -3.97. The molecule has 4 rings (SSSR count). The Balaban J connectivity index is 0.833. The summed E-state index contributed by atoms with van der Waals surface area (Å²) in [6.07, 6.45) is 23.6. The normalized spacial score (nSPS) is 17.7. The van der Waals surface area contributed by atoms with Crippen LogP contribution in [-0.2, 0) is 20.9 Å². The Labute approximate surface area is 392 Å². The number of anilines is 1. The number of nitrogens with zero attached hydrogens (tertiary/aromatic N) is 4. The van der Waals surface area contributed by atoms with E-state index in [0.717, 1.165) is 110 Å². The molecule has 1 aromatic carbocycles. The van der Waals surface area contributed by atoms with E-state index in [1.54, 1.807) is 16.7 Å². The molecule has 0 radical (unpaired) electrons. The lowest BCUT2D eigenvalue weighted by Crippen LogP contribution is -2.33. The molecule has 3 heterocycles. The highest BCUT2D eigenvalue weighted by molar-refractivity contribution is 5.82. The van der Waals surface area contributed by atoms with Gasteiger partial charge in [0.15, 0.2) is 23.2 Å². The molecule has 5 atom stereocenters. The van der Waals surface area contributed by atoms with Crippen LogP contribution in [0.15, 0.2) is 30.9 Å². The van der Waals surface area contributed by atoms with Gasteiger partial charge in [-0.1, -0.05) is 109 Å². The molecule has 66 heavy (non-hydrogen) atoms. The number of fused-ring (bicyclic) bond motifs is 1. The van der Waals surface area contributed by atoms with E-state index in [-0.39, 0.29) is 24.2 Å². The second-order valence-electron chi connectivity index (χ2n) is 17.9. The third-order valence-electron chi connectivity index (χ3n) is 12.5. The summed E-state index contributed by atoms with van der Waals surface area (Å²) in [6.45, 7) is 2.82. The summed E-state index contributed by atoms with van der Waals surface area (Å²) in [5.41, 5.74) is 2.14. The van der Waals surface area contributed by atoms with Crippen molar-refractivity contribution in [3.8, 4) is 5.75 Å². The van der Waals surface area contributed by atoms with Gasteiger partial charge in [-0.15, -0.1) is 0 Å². The maximum absolute atomic E-state index is 12.2. The number of aromatic nitrogens is 4. The Morgan fingerprint density at radius 3 is 1.74 bits per heavy atom. The van der Waals surface area contributed by atoms with Gasteiger partial charge < -0.3 is 56.6 Å². The van der Waals surface area contributed by atoms with Crippen molar-refractivity contribution in [3.63, 3.8) is 0 Å². The Kier molecular flexibility index (Phi) is 27.1. The van der Waals surface area contributed by atoms with Crippen molar-refractivity contribution in [2.24, 2.45) is 0 Å². The number of aromatic hydroxyl groups is 1. The van der Waals surface area contributed by atoms with Crippen LogP contribution in [0.4, 0.5) is 5.82 Å². The SMILES string of the molecule is O=C(CCCCCCCCCCCNCC(O)c1ccc(O)c(CO)c1)NCCCCCCNC(=O)CCCCCCCCCCCNc1ncnc2c1ncn2[C@@H]1O[C@H](CO)[C@@H](O)[C@H]1O.